The Kier molecular flexibility index (Phi) is 3.26. The Balaban J connectivity index is 1.94. The van der Waals surface area contributed by atoms with Crippen molar-refractivity contribution in [2.24, 2.45) is 0 Å². The van der Waals surface area contributed by atoms with E-state index in [1.165, 1.54) is 0 Å². The van der Waals surface area contributed by atoms with E-state index in [1.807, 2.05) is 18.2 Å². The first kappa shape index (κ1) is 9.80. The van der Waals surface area contributed by atoms with Crippen LogP contribution in [0.15, 0.2) is 24.4 Å². The first-order valence-electron chi connectivity index (χ1n) is 4.84. The molecule has 0 bridgehead atoms. The van der Waals surface area contributed by atoms with Gasteiger partial charge in [-0.05, 0) is 25.1 Å². The predicted molar refractivity (Wildman–Crippen MR) is 57.4 cm³/mol. The normalized spacial score (nSPS) is 23.6. The van der Waals surface area contributed by atoms with Crippen LogP contribution in [0.4, 0.5) is 0 Å². The quantitative estimate of drug-likeness (QED) is 0.798. The van der Waals surface area contributed by atoms with Crippen LogP contribution in [-0.4, -0.2) is 27.5 Å². The smallest absolute Gasteiger partial charge is 0.0662 e. The lowest BCUT2D eigenvalue weighted by Gasteiger charge is -2.07. The highest BCUT2D eigenvalue weighted by molar-refractivity contribution is 7.84. The first-order chi connectivity index (χ1) is 6.86. The SMILES string of the molecule is O=[S@@](Cc1ccccn1)[C@@H]1CCNC1. The van der Waals surface area contributed by atoms with Gasteiger partial charge in [0.1, 0.15) is 0 Å². The van der Waals surface area contributed by atoms with E-state index in [9.17, 15) is 4.21 Å². The van der Waals surface area contributed by atoms with Gasteiger partial charge in [-0.1, -0.05) is 6.07 Å². The van der Waals surface area contributed by atoms with Gasteiger partial charge >= 0.3 is 0 Å². The van der Waals surface area contributed by atoms with Crippen molar-refractivity contribution < 1.29 is 4.21 Å². The van der Waals surface area contributed by atoms with E-state index in [2.05, 4.69) is 10.3 Å². The average Bonchev–Trinajstić information content (AvgIpc) is 2.72. The van der Waals surface area contributed by atoms with Crippen molar-refractivity contribution in [1.82, 2.24) is 10.3 Å². The zero-order valence-corrected chi connectivity index (χ0v) is 8.80. The second kappa shape index (κ2) is 4.66. The van der Waals surface area contributed by atoms with E-state index in [0.29, 0.717) is 11.0 Å². The molecule has 2 rings (SSSR count). The van der Waals surface area contributed by atoms with Gasteiger partial charge in [-0.3, -0.25) is 9.19 Å². The molecule has 1 fully saturated rings. The molecule has 1 saturated heterocycles. The summed E-state index contributed by atoms with van der Waals surface area (Å²) in [4.78, 5) is 4.18. The molecule has 0 radical (unpaired) electrons. The summed E-state index contributed by atoms with van der Waals surface area (Å²) in [6.45, 7) is 1.89. The number of rotatable bonds is 3. The fourth-order valence-corrected chi connectivity index (χ4v) is 2.98. The van der Waals surface area contributed by atoms with Crippen molar-refractivity contribution >= 4 is 10.8 Å². The largest absolute Gasteiger partial charge is 0.315 e. The fraction of sp³-hybridized carbons (Fsp3) is 0.500. The molecule has 4 heteroatoms. The molecule has 76 valence electrons. The van der Waals surface area contributed by atoms with Crippen LogP contribution < -0.4 is 5.32 Å². The Labute approximate surface area is 86.4 Å². The highest BCUT2D eigenvalue weighted by Crippen LogP contribution is 2.10. The minimum absolute atomic E-state index is 0.317. The van der Waals surface area contributed by atoms with Crippen LogP contribution in [0.2, 0.25) is 0 Å². The van der Waals surface area contributed by atoms with Crippen molar-refractivity contribution in [3.8, 4) is 0 Å². The molecule has 0 aliphatic carbocycles. The Morgan fingerprint density at radius 2 is 2.50 bits per heavy atom. The third kappa shape index (κ3) is 2.39. The zero-order valence-electron chi connectivity index (χ0n) is 7.98. The molecular weight excluding hydrogens is 196 g/mol. The Morgan fingerprint density at radius 1 is 1.57 bits per heavy atom. The van der Waals surface area contributed by atoms with Crippen LogP contribution in [0.25, 0.3) is 0 Å². The molecule has 0 unspecified atom stereocenters. The Morgan fingerprint density at radius 3 is 3.14 bits per heavy atom. The van der Waals surface area contributed by atoms with E-state index in [1.54, 1.807) is 6.20 Å². The molecular formula is C10H14N2OS. The average molecular weight is 210 g/mol. The Hall–Kier alpha value is -0.740. The second-order valence-corrected chi connectivity index (χ2v) is 5.18. The third-order valence-electron chi connectivity index (χ3n) is 2.40. The molecule has 14 heavy (non-hydrogen) atoms. The number of nitrogens with zero attached hydrogens (tertiary/aromatic N) is 1. The number of hydrogen-bond acceptors (Lipinski definition) is 3. The lowest BCUT2D eigenvalue weighted by atomic mass is 10.4. The van der Waals surface area contributed by atoms with Crippen molar-refractivity contribution in [3.63, 3.8) is 0 Å². The summed E-state index contributed by atoms with van der Waals surface area (Å²) in [5.41, 5.74) is 0.928. The summed E-state index contributed by atoms with van der Waals surface area (Å²) >= 11 is 0. The number of aromatic nitrogens is 1. The molecule has 1 aliphatic rings. The molecule has 2 atom stereocenters. The summed E-state index contributed by atoms with van der Waals surface area (Å²) in [7, 11) is -0.771. The maximum Gasteiger partial charge on any atom is 0.0662 e. The maximum atomic E-state index is 11.8. The van der Waals surface area contributed by atoms with Crippen molar-refractivity contribution in [3.05, 3.63) is 30.1 Å². The molecule has 0 saturated carbocycles. The lowest BCUT2D eigenvalue weighted by Crippen LogP contribution is -2.20. The van der Waals surface area contributed by atoms with Crippen LogP contribution in [0, 0.1) is 0 Å². The van der Waals surface area contributed by atoms with Gasteiger partial charge in [0.05, 0.1) is 11.4 Å². The lowest BCUT2D eigenvalue weighted by molar-refractivity contribution is 0.671. The highest BCUT2D eigenvalue weighted by atomic mass is 32.2. The molecule has 2 heterocycles. The van der Waals surface area contributed by atoms with E-state index in [-0.39, 0.29) is 0 Å². The number of pyridine rings is 1. The van der Waals surface area contributed by atoms with E-state index < -0.39 is 10.8 Å². The van der Waals surface area contributed by atoms with E-state index in [0.717, 1.165) is 25.2 Å². The molecule has 3 nitrogen and oxygen atoms in total. The van der Waals surface area contributed by atoms with Gasteiger partial charge in [0.25, 0.3) is 0 Å². The van der Waals surface area contributed by atoms with Gasteiger partial charge in [-0.25, -0.2) is 0 Å². The molecule has 0 spiro atoms. The molecule has 1 aliphatic heterocycles. The topological polar surface area (TPSA) is 42.0 Å². The van der Waals surface area contributed by atoms with Crippen LogP contribution in [0.3, 0.4) is 0 Å². The van der Waals surface area contributed by atoms with E-state index >= 15 is 0 Å². The van der Waals surface area contributed by atoms with Crippen LogP contribution in [0.5, 0.6) is 0 Å². The van der Waals surface area contributed by atoms with E-state index in [4.69, 9.17) is 0 Å². The van der Waals surface area contributed by atoms with Gasteiger partial charge in [0, 0.05) is 28.8 Å². The summed E-state index contributed by atoms with van der Waals surface area (Å²) < 4.78 is 11.8. The Bertz CT molecular complexity index is 309. The minimum Gasteiger partial charge on any atom is -0.315 e. The summed E-state index contributed by atoms with van der Waals surface area (Å²) in [5.74, 6) is 0.590. The maximum absolute atomic E-state index is 11.8. The van der Waals surface area contributed by atoms with Gasteiger partial charge in [-0.2, -0.15) is 0 Å². The van der Waals surface area contributed by atoms with Gasteiger partial charge in [0.15, 0.2) is 0 Å². The van der Waals surface area contributed by atoms with Gasteiger partial charge in [-0.15, -0.1) is 0 Å². The second-order valence-electron chi connectivity index (χ2n) is 3.46. The van der Waals surface area contributed by atoms with Crippen LogP contribution in [0.1, 0.15) is 12.1 Å². The fourth-order valence-electron chi connectivity index (χ4n) is 1.60. The van der Waals surface area contributed by atoms with Crippen molar-refractivity contribution in [2.75, 3.05) is 13.1 Å². The third-order valence-corrected chi connectivity index (χ3v) is 4.13. The van der Waals surface area contributed by atoms with Gasteiger partial charge in [0.2, 0.25) is 0 Å². The number of nitrogens with one attached hydrogen (secondary N) is 1. The molecule has 0 amide bonds. The standard InChI is InChI=1S/C10H14N2OS/c13-14(10-4-6-11-7-10)8-9-3-1-2-5-12-9/h1-3,5,10-11H,4,6-8H2/t10-,14+/m1/s1. The van der Waals surface area contributed by atoms with Crippen LogP contribution >= 0.6 is 0 Å². The number of hydrogen-bond donors (Lipinski definition) is 1. The highest BCUT2D eigenvalue weighted by Gasteiger charge is 2.21. The molecule has 1 N–H and O–H groups in total. The predicted octanol–water partition coefficient (Wildman–Crippen LogP) is 0.692. The minimum atomic E-state index is -0.771. The molecule has 0 aromatic carbocycles. The monoisotopic (exact) mass is 210 g/mol. The molecule has 1 aromatic heterocycles. The first-order valence-corrected chi connectivity index (χ1v) is 6.22. The van der Waals surface area contributed by atoms with Crippen molar-refractivity contribution in [1.29, 1.82) is 0 Å². The van der Waals surface area contributed by atoms with Crippen LogP contribution in [-0.2, 0) is 16.6 Å². The molecule has 1 aromatic rings. The summed E-state index contributed by atoms with van der Waals surface area (Å²) in [5, 5.41) is 3.54. The summed E-state index contributed by atoms with van der Waals surface area (Å²) in [6.07, 6.45) is 2.78. The zero-order chi connectivity index (χ0) is 9.80. The van der Waals surface area contributed by atoms with Gasteiger partial charge < -0.3 is 5.32 Å². The summed E-state index contributed by atoms with van der Waals surface area (Å²) in [6, 6.07) is 5.75. The van der Waals surface area contributed by atoms with Crippen molar-refractivity contribution in [2.45, 2.75) is 17.4 Å².